The Morgan fingerprint density at radius 1 is 1.50 bits per heavy atom. The van der Waals surface area contributed by atoms with Crippen LogP contribution in [0.4, 0.5) is 0 Å². The number of carbonyl (C=O) groups is 1. The Balaban J connectivity index is 3.22. The maximum atomic E-state index is 10.9. The summed E-state index contributed by atoms with van der Waals surface area (Å²) in [6.07, 6.45) is 0.0484. The lowest BCUT2D eigenvalue weighted by Crippen LogP contribution is -2.15. The molecule has 1 aromatic rings. The highest BCUT2D eigenvalue weighted by molar-refractivity contribution is 9.10. The molecule has 0 aromatic heterocycles. The topological polar surface area (TPSA) is 79.5 Å². The Morgan fingerprint density at radius 2 is 2.17 bits per heavy atom. The maximum Gasteiger partial charge on any atom is 0.321 e. The molecule has 0 bridgehead atoms. The molecule has 0 saturated heterocycles. The first kappa shape index (κ1) is 14.3. The third kappa shape index (κ3) is 2.93. The highest BCUT2D eigenvalue weighted by Crippen LogP contribution is 2.37. The average Bonchev–Trinajstić information content (AvgIpc) is 2.36. The number of ether oxygens (including phenoxy) is 2. The molecule has 5 nitrogen and oxygen atoms in total. The van der Waals surface area contributed by atoms with Gasteiger partial charge in [-0.3, -0.25) is 4.79 Å². The molecule has 0 spiro atoms. The molecule has 1 rings (SSSR count). The van der Waals surface area contributed by atoms with E-state index in [0.717, 1.165) is 0 Å². The molecule has 0 aliphatic heterocycles. The molecule has 1 unspecified atom stereocenters. The SMILES string of the molecule is COc1ccc(Br)c(CC(C#N)C(=O)O)c1OC. The van der Waals surface area contributed by atoms with Crippen molar-refractivity contribution in [1.29, 1.82) is 5.26 Å². The predicted octanol–water partition coefficient (Wildman–Crippen LogP) is 2.23. The molecule has 0 aliphatic carbocycles. The Morgan fingerprint density at radius 3 is 2.61 bits per heavy atom. The molecule has 0 amide bonds. The van der Waals surface area contributed by atoms with Gasteiger partial charge in [0.2, 0.25) is 0 Å². The van der Waals surface area contributed by atoms with Gasteiger partial charge in [-0.1, -0.05) is 15.9 Å². The molecule has 1 N–H and O–H groups in total. The van der Waals surface area contributed by atoms with Crippen molar-refractivity contribution in [2.75, 3.05) is 14.2 Å². The summed E-state index contributed by atoms with van der Waals surface area (Å²) in [5.74, 6) is -1.34. The van der Waals surface area contributed by atoms with Crippen LogP contribution in [0.1, 0.15) is 5.56 Å². The number of aliphatic carboxylic acids is 1. The molecule has 0 radical (unpaired) electrons. The smallest absolute Gasteiger partial charge is 0.321 e. The fourth-order valence-corrected chi connectivity index (χ4v) is 2.02. The van der Waals surface area contributed by atoms with Gasteiger partial charge in [0.15, 0.2) is 11.5 Å². The number of carboxylic acids is 1. The minimum absolute atomic E-state index is 0.0484. The van der Waals surface area contributed by atoms with Crippen molar-refractivity contribution in [2.45, 2.75) is 6.42 Å². The van der Waals surface area contributed by atoms with Crippen molar-refractivity contribution in [2.24, 2.45) is 5.92 Å². The highest BCUT2D eigenvalue weighted by atomic mass is 79.9. The zero-order valence-corrected chi connectivity index (χ0v) is 11.5. The number of hydrogen-bond donors (Lipinski definition) is 1. The zero-order valence-electron chi connectivity index (χ0n) is 9.94. The van der Waals surface area contributed by atoms with Crippen LogP contribution < -0.4 is 9.47 Å². The van der Waals surface area contributed by atoms with Gasteiger partial charge >= 0.3 is 5.97 Å². The van der Waals surface area contributed by atoms with Crippen LogP contribution in [0.2, 0.25) is 0 Å². The van der Waals surface area contributed by atoms with Crippen molar-refractivity contribution >= 4 is 21.9 Å². The Kier molecular flexibility index (Phi) is 4.98. The molecule has 1 atom stereocenters. The van der Waals surface area contributed by atoms with Gasteiger partial charge in [-0.25, -0.2) is 0 Å². The van der Waals surface area contributed by atoms with Crippen LogP contribution in [0.3, 0.4) is 0 Å². The molecule has 96 valence electrons. The van der Waals surface area contributed by atoms with Crippen molar-refractivity contribution < 1.29 is 19.4 Å². The van der Waals surface area contributed by atoms with Crippen LogP contribution in [-0.2, 0) is 11.2 Å². The van der Waals surface area contributed by atoms with Crippen molar-refractivity contribution in [3.05, 3.63) is 22.2 Å². The van der Waals surface area contributed by atoms with Crippen LogP contribution in [0.5, 0.6) is 11.5 Å². The van der Waals surface area contributed by atoms with E-state index < -0.39 is 11.9 Å². The highest BCUT2D eigenvalue weighted by Gasteiger charge is 2.22. The van der Waals surface area contributed by atoms with Crippen molar-refractivity contribution in [1.82, 2.24) is 0 Å². The molecule has 0 aliphatic rings. The molecule has 6 heteroatoms. The van der Waals surface area contributed by atoms with Crippen molar-refractivity contribution in [3.63, 3.8) is 0 Å². The van der Waals surface area contributed by atoms with E-state index in [4.69, 9.17) is 19.8 Å². The van der Waals surface area contributed by atoms with Crippen LogP contribution in [0, 0.1) is 17.2 Å². The van der Waals surface area contributed by atoms with E-state index in [9.17, 15) is 4.79 Å². The van der Waals surface area contributed by atoms with E-state index in [1.807, 2.05) is 0 Å². The van der Waals surface area contributed by atoms with Crippen LogP contribution in [0.15, 0.2) is 16.6 Å². The summed E-state index contributed by atoms with van der Waals surface area (Å²) < 4.78 is 11.0. The second kappa shape index (κ2) is 6.26. The average molecular weight is 314 g/mol. The molecule has 0 fully saturated rings. The van der Waals surface area contributed by atoms with Gasteiger partial charge in [0.1, 0.15) is 5.92 Å². The molecule has 18 heavy (non-hydrogen) atoms. The summed E-state index contributed by atoms with van der Waals surface area (Å²) >= 11 is 3.32. The number of rotatable bonds is 5. The first-order chi connectivity index (χ1) is 8.54. The van der Waals surface area contributed by atoms with E-state index in [0.29, 0.717) is 21.5 Å². The van der Waals surface area contributed by atoms with Gasteiger partial charge < -0.3 is 14.6 Å². The van der Waals surface area contributed by atoms with Crippen LogP contribution in [0.25, 0.3) is 0 Å². The first-order valence-corrected chi connectivity index (χ1v) is 5.86. The van der Waals surface area contributed by atoms with Gasteiger partial charge in [0, 0.05) is 16.5 Å². The minimum Gasteiger partial charge on any atom is -0.493 e. The van der Waals surface area contributed by atoms with E-state index >= 15 is 0 Å². The number of carboxylic acid groups (broad SMARTS) is 1. The molecule has 0 heterocycles. The van der Waals surface area contributed by atoms with Gasteiger partial charge in [-0.15, -0.1) is 0 Å². The summed E-state index contributed by atoms with van der Waals surface area (Å²) in [5, 5.41) is 17.7. The van der Waals surface area contributed by atoms with Gasteiger partial charge in [0.25, 0.3) is 0 Å². The van der Waals surface area contributed by atoms with Gasteiger partial charge in [0.05, 0.1) is 20.3 Å². The summed E-state index contributed by atoms with van der Waals surface area (Å²) in [5.41, 5.74) is 0.603. The lowest BCUT2D eigenvalue weighted by Gasteiger charge is -2.15. The summed E-state index contributed by atoms with van der Waals surface area (Å²) in [4.78, 5) is 10.9. The first-order valence-electron chi connectivity index (χ1n) is 5.06. The van der Waals surface area contributed by atoms with E-state index in [-0.39, 0.29) is 6.42 Å². The molecular weight excluding hydrogens is 302 g/mol. The second-order valence-corrected chi connectivity index (χ2v) is 4.34. The summed E-state index contributed by atoms with van der Waals surface area (Å²) in [6.45, 7) is 0. The number of hydrogen-bond acceptors (Lipinski definition) is 4. The number of methoxy groups -OCH3 is 2. The predicted molar refractivity (Wildman–Crippen MR) is 67.7 cm³/mol. The lowest BCUT2D eigenvalue weighted by atomic mass is 9.99. The third-order valence-electron chi connectivity index (χ3n) is 2.45. The molecule has 1 aromatic carbocycles. The normalized spacial score (nSPS) is 11.4. The minimum atomic E-state index is -1.16. The van der Waals surface area contributed by atoms with Crippen molar-refractivity contribution in [3.8, 4) is 17.6 Å². The quantitative estimate of drug-likeness (QED) is 0.901. The molecule has 0 saturated carbocycles. The third-order valence-corrected chi connectivity index (χ3v) is 3.20. The standard InChI is InChI=1S/C12H12BrNO4/c1-17-10-4-3-9(13)8(11(10)18-2)5-7(6-14)12(15)16/h3-4,7H,5H2,1-2H3,(H,15,16). The largest absolute Gasteiger partial charge is 0.493 e. The fourth-order valence-electron chi connectivity index (χ4n) is 1.55. The number of nitrogens with zero attached hydrogens (tertiary/aromatic N) is 1. The maximum absolute atomic E-state index is 10.9. The fraction of sp³-hybridized carbons (Fsp3) is 0.333. The molecular formula is C12H12BrNO4. The Bertz CT molecular complexity index is 496. The monoisotopic (exact) mass is 313 g/mol. The number of halogens is 1. The number of benzene rings is 1. The van der Waals surface area contributed by atoms with Crippen LogP contribution in [-0.4, -0.2) is 25.3 Å². The van der Waals surface area contributed by atoms with Gasteiger partial charge in [-0.2, -0.15) is 5.26 Å². The Labute approximate surface area is 113 Å². The van der Waals surface area contributed by atoms with E-state index in [1.54, 1.807) is 18.2 Å². The summed E-state index contributed by atoms with van der Waals surface area (Å²) in [7, 11) is 2.96. The second-order valence-electron chi connectivity index (χ2n) is 3.49. The van der Waals surface area contributed by atoms with E-state index in [1.165, 1.54) is 14.2 Å². The van der Waals surface area contributed by atoms with E-state index in [2.05, 4.69) is 15.9 Å². The lowest BCUT2D eigenvalue weighted by molar-refractivity contribution is -0.139. The van der Waals surface area contributed by atoms with Crippen LogP contribution >= 0.6 is 15.9 Å². The Hall–Kier alpha value is -1.74. The number of nitriles is 1. The van der Waals surface area contributed by atoms with Gasteiger partial charge in [-0.05, 0) is 12.1 Å². The zero-order chi connectivity index (χ0) is 13.7. The summed E-state index contributed by atoms with van der Waals surface area (Å²) in [6, 6.07) is 5.18.